The Kier molecular flexibility index (Phi) is 5.77. The molecule has 0 aromatic heterocycles. The van der Waals surface area contributed by atoms with Gasteiger partial charge in [-0.15, -0.1) is 0 Å². The van der Waals surface area contributed by atoms with E-state index in [0.29, 0.717) is 24.4 Å². The van der Waals surface area contributed by atoms with Crippen LogP contribution in [0.1, 0.15) is 53.9 Å². The van der Waals surface area contributed by atoms with Crippen LogP contribution in [0.5, 0.6) is 5.75 Å². The molecule has 6 nitrogen and oxygen atoms in total. The van der Waals surface area contributed by atoms with Crippen LogP contribution in [-0.2, 0) is 9.53 Å². The minimum absolute atomic E-state index is 0.0277. The molecule has 2 aliphatic rings. The number of hydrogen-bond donors (Lipinski definition) is 2. The molecule has 30 heavy (non-hydrogen) atoms. The first kappa shape index (κ1) is 20.4. The number of rotatable bonds is 5. The van der Waals surface area contributed by atoms with E-state index < -0.39 is 11.5 Å². The van der Waals surface area contributed by atoms with Gasteiger partial charge in [0.25, 0.3) is 5.91 Å². The van der Waals surface area contributed by atoms with Crippen molar-refractivity contribution >= 4 is 17.5 Å². The van der Waals surface area contributed by atoms with Crippen molar-refractivity contribution in [2.75, 3.05) is 25.6 Å². The second-order valence-electron chi connectivity index (χ2n) is 8.14. The number of hydrogen-bond acceptors (Lipinski definition) is 4. The molecule has 2 N–H and O–H groups in total. The molecule has 2 aromatic rings. The molecule has 6 heteroatoms. The Hall–Kier alpha value is -2.86. The first-order valence-electron chi connectivity index (χ1n) is 10.6. The molecule has 1 aliphatic heterocycles. The molecule has 1 aliphatic carbocycles. The van der Waals surface area contributed by atoms with Gasteiger partial charge in [0.1, 0.15) is 5.75 Å². The number of nitrogens with zero attached hydrogens (tertiary/aromatic N) is 1. The van der Waals surface area contributed by atoms with Crippen LogP contribution in [0.25, 0.3) is 0 Å². The molecule has 0 radical (unpaired) electrons. The maximum absolute atomic E-state index is 13.7. The summed E-state index contributed by atoms with van der Waals surface area (Å²) in [6.07, 6.45) is 4.59. The van der Waals surface area contributed by atoms with Crippen LogP contribution in [0.2, 0.25) is 0 Å². The summed E-state index contributed by atoms with van der Waals surface area (Å²) in [5.74, 6) is -0.708. The Labute approximate surface area is 176 Å². The topological polar surface area (TPSA) is 78.9 Å². The number of benzene rings is 2. The fourth-order valence-corrected chi connectivity index (χ4v) is 5.14. The largest absolute Gasteiger partial charge is 0.506 e. The van der Waals surface area contributed by atoms with E-state index in [9.17, 15) is 14.7 Å². The van der Waals surface area contributed by atoms with E-state index in [-0.39, 0.29) is 17.6 Å². The molecule has 1 spiro atoms. The Balaban J connectivity index is 1.81. The zero-order chi connectivity index (χ0) is 21.1. The average molecular weight is 408 g/mol. The molecule has 2 aromatic carbocycles. The van der Waals surface area contributed by atoms with Crippen molar-refractivity contribution in [2.24, 2.45) is 0 Å². The average Bonchev–Trinajstić information content (AvgIpc) is 2.76. The Bertz CT molecular complexity index is 936. The third-order valence-electron chi connectivity index (χ3n) is 6.48. The fourth-order valence-electron chi connectivity index (χ4n) is 5.14. The smallest absolute Gasteiger partial charge is 0.254 e. The molecule has 4 rings (SSSR count). The Morgan fingerprint density at radius 1 is 1.13 bits per heavy atom. The van der Waals surface area contributed by atoms with Crippen molar-refractivity contribution in [3.05, 3.63) is 59.7 Å². The third kappa shape index (κ3) is 3.45. The van der Waals surface area contributed by atoms with E-state index in [1.165, 1.54) is 0 Å². The number of aromatic hydroxyl groups is 1. The van der Waals surface area contributed by atoms with Crippen molar-refractivity contribution in [1.29, 1.82) is 0 Å². The van der Waals surface area contributed by atoms with Crippen LogP contribution in [0, 0.1) is 0 Å². The standard InChI is InChI=1S/C24H28N2O4/c1-30-16-15-26-23(29)18-10-4-3-9-17(18)21(24(26)13-7-2-8-14-24)22(28)25-19-11-5-6-12-20(19)27/h3-6,9-12,21,27H,2,7-8,13-16H2,1H3,(H,25,28)/t21-/m1/s1. The normalized spacial score (nSPS) is 20.1. The van der Waals surface area contributed by atoms with Crippen LogP contribution >= 0.6 is 0 Å². The van der Waals surface area contributed by atoms with Crippen LogP contribution in [-0.4, -0.2) is 47.6 Å². The van der Waals surface area contributed by atoms with Crippen molar-refractivity contribution in [1.82, 2.24) is 4.90 Å². The van der Waals surface area contributed by atoms with E-state index in [1.807, 2.05) is 23.1 Å². The summed E-state index contributed by atoms with van der Waals surface area (Å²) in [5.41, 5.74) is 1.14. The number of phenols is 1. The highest BCUT2D eigenvalue weighted by Crippen LogP contribution is 2.49. The molecular weight excluding hydrogens is 380 g/mol. The number of anilines is 1. The molecule has 2 amide bonds. The molecule has 0 saturated heterocycles. The molecule has 1 fully saturated rings. The van der Waals surface area contributed by atoms with Gasteiger partial charge in [-0.3, -0.25) is 9.59 Å². The number of amides is 2. The van der Waals surface area contributed by atoms with Crippen molar-refractivity contribution in [2.45, 2.75) is 43.6 Å². The second kappa shape index (κ2) is 8.48. The van der Waals surface area contributed by atoms with Gasteiger partial charge >= 0.3 is 0 Å². The molecule has 1 atom stereocenters. The van der Waals surface area contributed by atoms with Gasteiger partial charge in [0.05, 0.1) is 23.8 Å². The van der Waals surface area contributed by atoms with Crippen LogP contribution in [0.3, 0.4) is 0 Å². The van der Waals surface area contributed by atoms with Crippen LogP contribution in [0.15, 0.2) is 48.5 Å². The van der Waals surface area contributed by atoms with Gasteiger partial charge in [-0.1, -0.05) is 49.6 Å². The minimum Gasteiger partial charge on any atom is -0.506 e. The number of fused-ring (bicyclic) bond motifs is 1. The van der Waals surface area contributed by atoms with E-state index >= 15 is 0 Å². The number of carbonyl (C=O) groups is 2. The molecule has 0 unspecified atom stereocenters. The number of para-hydroxylation sites is 2. The lowest BCUT2D eigenvalue weighted by Gasteiger charge is -2.53. The number of carbonyl (C=O) groups excluding carboxylic acids is 2. The Morgan fingerprint density at radius 2 is 1.83 bits per heavy atom. The summed E-state index contributed by atoms with van der Waals surface area (Å²) < 4.78 is 5.29. The summed E-state index contributed by atoms with van der Waals surface area (Å²) in [4.78, 5) is 29.0. The summed E-state index contributed by atoms with van der Waals surface area (Å²) in [6, 6.07) is 14.1. The number of phenolic OH excluding ortho intramolecular Hbond substituents is 1. The molecule has 1 heterocycles. The molecule has 1 saturated carbocycles. The van der Waals surface area contributed by atoms with E-state index in [2.05, 4.69) is 5.32 Å². The van der Waals surface area contributed by atoms with Gasteiger partial charge in [0, 0.05) is 19.2 Å². The second-order valence-corrected chi connectivity index (χ2v) is 8.14. The van der Waals surface area contributed by atoms with Gasteiger partial charge in [0.2, 0.25) is 5.91 Å². The lowest BCUT2D eigenvalue weighted by atomic mass is 9.65. The number of nitrogens with one attached hydrogen (secondary N) is 1. The van der Waals surface area contributed by atoms with Crippen LogP contribution < -0.4 is 5.32 Å². The van der Waals surface area contributed by atoms with Gasteiger partial charge in [-0.2, -0.15) is 0 Å². The minimum atomic E-state index is -0.587. The zero-order valence-electron chi connectivity index (χ0n) is 17.3. The van der Waals surface area contributed by atoms with E-state index in [0.717, 1.165) is 37.7 Å². The maximum atomic E-state index is 13.7. The molecule has 0 bridgehead atoms. The predicted molar refractivity (Wildman–Crippen MR) is 115 cm³/mol. The summed E-state index contributed by atoms with van der Waals surface area (Å²) in [5, 5.41) is 13.1. The molecule has 158 valence electrons. The van der Waals surface area contributed by atoms with Crippen LogP contribution in [0.4, 0.5) is 5.69 Å². The van der Waals surface area contributed by atoms with E-state index in [4.69, 9.17) is 4.74 Å². The predicted octanol–water partition coefficient (Wildman–Crippen LogP) is 3.92. The first-order valence-corrected chi connectivity index (χ1v) is 10.6. The van der Waals surface area contributed by atoms with Gasteiger partial charge in [-0.05, 0) is 36.6 Å². The van der Waals surface area contributed by atoms with Gasteiger partial charge in [0.15, 0.2) is 0 Å². The lowest BCUT2D eigenvalue weighted by molar-refractivity contribution is -0.122. The highest BCUT2D eigenvalue weighted by Gasteiger charge is 2.54. The third-order valence-corrected chi connectivity index (χ3v) is 6.48. The van der Waals surface area contributed by atoms with Crippen molar-refractivity contribution < 1.29 is 19.4 Å². The summed E-state index contributed by atoms with van der Waals surface area (Å²) in [7, 11) is 1.62. The maximum Gasteiger partial charge on any atom is 0.254 e. The molecular formula is C24H28N2O4. The Morgan fingerprint density at radius 3 is 2.57 bits per heavy atom. The zero-order valence-corrected chi connectivity index (χ0v) is 17.3. The quantitative estimate of drug-likeness (QED) is 0.735. The van der Waals surface area contributed by atoms with Crippen molar-refractivity contribution in [3.8, 4) is 5.75 Å². The van der Waals surface area contributed by atoms with Gasteiger partial charge < -0.3 is 20.1 Å². The first-order chi connectivity index (χ1) is 14.6. The van der Waals surface area contributed by atoms with E-state index in [1.54, 1.807) is 37.4 Å². The SMILES string of the molecule is COCCN1C(=O)c2ccccc2[C@H](C(=O)Nc2ccccc2O)C12CCCCC2. The number of ether oxygens (including phenoxy) is 1. The highest BCUT2D eigenvalue weighted by molar-refractivity contribution is 6.05. The van der Waals surface area contributed by atoms with Gasteiger partial charge in [-0.25, -0.2) is 0 Å². The number of methoxy groups -OCH3 is 1. The lowest BCUT2D eigenvalue weighted by Crippen LogP contribution is -2.62. The van der Waals surface area contributed by atoms with Crippen molar-refractivity contribution in [3.63, 3.8) is 0 Å². The highest BCUT2D eigenvalue weighted by atomic mass is 16.5. The summed E-state index contributed by atoms with van der Waals surface area (Å²) >= 11 is 0. The summed E-state index contributed by atoms with van der Waals surface area (Å²) in [6.45, 7) is 0.869. The monoisotopic (exact) mass is 408 g/mol. The fraction of sp³-hybridized carbons (Fsp3) is 0.417.